The van der Waals surface area contributed by atoms with Crippen molar-refractivity contribution in [1.82, 2.24) is 19.7 Å². The molecule has 0 aromatic carbocycles. The highest BCUT2D eigenvalue weighted by molar-refractivity contribution is 5.98. The number of hydrogen-bond acceptors (Lipinski definition) is 4. The fourth-order valence-electron chi connectivity index (χ4n) is 2.46. The lowest BCUT2D eigenvalue weighted by Gasteiger charge is -2.17. The van der Waals surface area contributed by atoms with E-state index in [4.69, 9.17) is 10.3 Å². The van der Waals surface area contributed by atoms with Crippen molar-refractivity contribution in [2.24, 2.45) is 4.99 Å². The van der Waals surface area contributed by atoms with Crippen LogP contribution in [0.2, 0.25) is 0 Å². The van der Waals surface area contributed by atoms with Gasteiger partial charge >= 0.3 is 0 Å². The molecule has 126 valence electrons. The first-order chi connectivity index (χ1) is 11.5. The zero-order valence-electron chi connectivity index (χ0n) is 15.0. The molecular formula is C18H24N6. The molecule has 0 aliphatic heterocycles. The van der Waals surface area contributed by atoms with Crippen molar-refractivity contribution in [2.45, 2.75) is 39.8 Å². The maximum Gasteiger partial charge on any atom is 0.140 e. The minimum atomic E-state index is 0.350. The molecule has 1 unspecified atom stereocenters. The smallest absolute Gasteiger partial charge is 0.140 e. The summed E-state index contributed by atoms with van der Waals surface area (Å²) < 4.78 is 2.06. The third-order valence-corrected chi connectivity index (χ3v) is 4.05. The van der Waals surface area contributed by atoms with Gasteiger partial charge in [-0.15, -0.1) is 0 Å². The number of hydrogen-bond donors (Lipinski definition) is 0. The zero-order valence-corrected chi connectivity index (χ0v) is 15.0. The second-order valence-corrected chi connectivity index (χ2v) is 6.05. The summed E-state index contributed by atoms with van der Waals surface area (Å²) in [6.45, 7) is 6.94. The monoisotopic (exact) mass is 324 g/mol. The van der Waals surface area contributed by atoms with Crippen LogP contribution in [0.1, 0.15) is 48.8 Å². The molecule has 0 saturated carbocycles. The third kappa shape index (κ3) is 3.80. The normalized spacial score (nSPS) is 12.8. The Kier molecular flexibility index (Phi) is 5.69. The number of aliphatic imine (C=N–C) groups is 1. The summed E-state index contributed by atoms with van der Waals surface area (Å²) in [5, 5.41) is 13.4. The fraction of sp³-hybridized carbons (Fsp3) is 0.444. The van der Waals surface area contributed by atoms with Gasteiger partial charge in [0.05, 0.1) is 18.4 Å². The molecule has 2 heterocycles. The molecular weight excluding hydrogens is 300 g/mol. The number of amidine groups is 1. The molecule has 24 heavy (non-hydrogen) atoms. The van der Waals surface area contributed by atoms with E-state index in [0.717, 1.165) is 29.1 Å². The van der Waals surface area contributed by atoms with Crippen molar-refractivity contribution in [1.29, 1.82) is 5.26 Å². The van der Waals surface area contributed by atoms with Crippen molar-refractivity contribution in [3.63, 3.8) is 0 Å². The summed E-state index contributed by atoms with van der Waals surface area (Å²) in [6, 6.07) is 5.97. The SMILES string of the molecule is CCC(C)n1ncc(C)c1CN=C(c1ccc(C#N)nc1)N(C)C. The predicted molar refractivity (Wildman–Crippen MR) is 94.8 cm³/mol. The number of nitrogens with zero attached hydrogens (tertiary/aromatic N) is 6. The maximum atomic E-state index is 8.88. The van der Waals surface area contributed by atoms with Crippen LogP contribution in [0, 0.1) is 18.3 Å². The summed E-state index contributed by atoms with van der Waals surface area (Å²) in [4.78, 5) is 10.9. The molecule has 0 aliphatic rings. The average molecular weight is 324 g/mol. The highest BCUT2D eigenvalue weighted by Crippen LogP contribution is 2.17. The second kappa shape index (κ2) is 7.73. The molecule has 0 spiro atoms. The molecule has 6 nitrogen and oxygen atoms in total. The Bertz CT molecular complexity index is 749. The molecule has 2 rings (SSSR count). The number of pyridine rings is 1. The lowest BCUT2D eigenvalue weighted by atomic mass is 10.2. The molecule has 0 amide bonds. The molecule has 6 heteroatoms. The van der Waals surface area contributed by atoms with Crippen LogP contribution in [0.5, 0.6) is 0 Å². The lowest BCUT2D eigenvalue weighted by Crippen LogP contribution is -2.24. The van der Waals surface area contributed by atoms with Crippen molar-refractivity contribution in [3.8, 4) is 6.07 Å². The van der Waals surface area contributed by atoms with Gasteiger partial charge in [0, 0.05) is 31.9 Å². The van der Waals surface area contributed by atoms with E-state index in [0.29, 0.717) is 18.3 Å². The van der Waals surface area contributed by atoms with Gasteiger partial charge < -0.3 is 4.90 Å². The summed E-state index contributed by atoms with van der Waals surface area (Å²) in [6.07, 6.45) is 4.61. The minimum absolute atomic E-state index is 0.350. The van der Waals surface area contributed by atoms with Gasteiger partial charge in [-0.2, -0.15) is 10.4 Å². The maximum absolute atomic E-state index is 8.88. The van der Waals surface area contributed by atoms with E-state index in [1.807, 2.05) is 37.3 Å². The molecule has 1 atom stereocenters. The van der Waals surface area contributed by atoms with Crippen LogP contribution in [-0.4, -0.2) is 39.6 Å². The van der Waals surface area contributed by atoms with E-state index in [1.54, 1.807) is 12.3 Å². The summed E-state index contributed by atoms with van der Waals surface area (Å²) >= 11 is 0. The van der Waals surface area contributed by atoms with E-state index < -0.39 is 0 Å². The number of rotatable bonds is 5. The van der Waals surface area contributed by atoms with Crippen LogP contribution in [0.15, 0.2) is 29.5 Å². The van der Waals surface area contributed by atoms with E-state index >= 15 is 0 Å². The van der Waals surface area contributed by atoms with Gasteiger partial charge in [-0.25, -0.2) is 4.98 Å². The quantitative estimate of drug-likeness (QED) is 0.626. The zero-order chi connectivity index (χ0) is 17.7. The van der Waals surface area contributed by atoms with Crippen LogP contribution >= 0.6 is 0 Å². The van der Waals surface area contributed by atoms with E-state index in [-0.39, 0.29) is 0 Å². The Morgan fingerprint density at radius 1 is 1.38 bits per heavy atom. The molecule has 0 radical (unpaired) electrons. The van der Waals surface area contributed by atoms with Gasteiger partial charge in [0.25, 0.3) is 0 Å². The lowest BCUT2D eigenvalue weighted by molar-refractivity contribution is 0.460. The number of nitriles is 1. The summed E-state index contributed by atoms with van der Waals surface area (Å²) in [5.74, 6) is 0.836. The van der Waals surface area contributed by atoms with Crippen molar-refractivity contribution in [2.75, 3.05) is 14.1 Å². The predicted octanol–water partition coefficient (Wildman–Crippen LogP) is 2.94. The topological polar surface area (TPSA) is 70.1 Å². The van der Waals surface area contributed by atoms with E-state index in [1.165, 1.54) is 0 Å². The molecule has 0 bridgehead atoms. The van der Waals surface area contributed by atoms with Crippen molar-refractivity contribution in [3.05, 3.63) is 47.0 Å². The minimum Gasteiger partial charge on any atom is -0.362 e. The Morgan fingerprint density at radius 2 is 2.12 bits per heavy atom. The molecule has 0 N–H and O–H groups in total. The highest BCUT2D eigenvalue weighted by Gasteiger charge is 2.13. The van der Waals surface area contributed by atoms with Crippen LogP contribution in [-0.2, 0) is 6.54 Å². The molecule has 2 aromatic rings. The van der Waals surface area contributed by atoms with Crippen molar-refractivity contribution < 1.29 is 0 Å². The largest absolute Gasteiger partial charge is 0.362 e. The standard InChI is InChI=1S/C18H24N6/c1-6-14(3)24-17(13(2)10-22-24)12-21-18(23(4)5)15-7-8-16(9-19)20-11-15/h7-8,10-11,14H,6,12H2,1-5H3. The third-order valence-electron chi connectivity index (χ3n) is 4.05. The van der Waals surface area contributed by atoms with Gasteiger partial charge in [0.2, 0.25) is 0 Å². The van der Waals surface area contributed by atoms with Gasteiger partial charge in [0.15, 0.2) is 0 Å². The number of aryl methyl sites for hydroxylation is 1. The van der Waals surface area contributed by atoms with Gasteiger partial charge in [0.1, 0.15) is 17.6 Å². The van der Waals surface area contributed by atoms with Crippen LogP contribution < -0.4 is 0 Å². The van der Waals surface area contributed by atoms with Gasteiger partial charge in [-0.1, -0.05) is 6.92 Å². The molecule has 0 saturated heterocycles. The second-order valence-electron chi connectivity index (χ2n) is 6.05. The molecule has 0 aliphatic carbocycles. The first kappa shape index (κ1) is 17.7. The summed E-state index contributed by atoms with van der Waals surface area (Å²) in [5.41, 5.74) is 3.58. The van der Waals surface area contributed by atoms with Crippen LogP contribution in [0.3, 0.4) is 0 Å². The number of aromatic nitrogens is 3. The Labute approximate surface area is 143 Å². The van der Waals surface area contributed by atoms with E-state index in [2.05, 4.69) is 35.5 Å². The fourth-order valence-corrected chi connectivity index (χ4v) is 2.46. The first-order valence-corrected chi connectivity index (χ1v) is 8.09. The Morgan fingerprint density at radius 3 is 2.67 bits per heavy atom. The molecule has 2 aromatic heterocycles. The average Bonchev–Trinajstić information content (AvgIpc) is 2.95. The summed E-state index contributed by atoms with van der Waals surface area (Å²) in [7, 11) is 3.91. The van der Waals surface area contributed by atoms with Gasteiger partial charge in [-0.3, -0.25) is 9.67 Å². The van der Waals surface area contributed by atoms with Crippen molar-refractivity contribution >= 4 is 5.84 Å². The van der Waals surface area contributed by atoms with Crippen LogP contribution in [0.4, 0.5) is 0 Å². The molecule has 0 fully saturated rings. The Balaban J connectivity index is 2.33. The Hall–Kier alpha value is -2.68. The van der Waals surface area contributed by atoms with Gasteiger partial charge in [-0.05, 0) is 38.0 Å². The van der Waals surface area contributed by atoms with Crippen LogP contribution in [0.25, 0.3) is 0 Å². The van der Waals surface area contributed by atoms with E-state index in [9.17, 15) is 0 Å². The first-order valence-electron chi connectivity index (χ1n) is 8.09. The highest BCUT2D eigenvalue weighted by atomic mass is 15.3.